The van der Waals surface area contributed by atoms with Crippen molar-refractivity contribution in [1.82, 2.24) is 9.88 Å². The highest BCUT2D eigenvalue weighted by molar-refractivity contribution is 6.09. The summed E-state index contributed by atoms with van der Waals surface area (Å²) in [5.41, 5.74) is 3.80. The molecule has 1 aliphatic rings. The molecule has 3 aromatic carbocycles. The fraction of sp³-hybridized carbons (Fsp3) is 0.172. The fourth-order valence-corrected chi connectivity index (χ4v) is 4.76. The van der Waals surface area contributed by atoms with Crippen LogP contribution in [0.3, 0.4) is 0 Å². The van der Waals surface area contributed by atoms with E-state index in [9.17, 15) is 14.7 Å². The van der Waals surface area contributed by atoms with Gasteiger partial charge in [-0.15, -0.1) is 0 Å². The van der Waals surface area contributed by atoms with Gasteiger partial charge < -0.3 is 19.7 Å². The number of fused-ring (bicyclic) bond motifs is 1. The zero-order chi connectivity index (χ0) is 24.4. The first-order valence-corrected chi connectivity index (χ1v) is 11.6. The second-order valence-corrected chi connectivity index (χ2v) is 8.64. The molecule has 1 atom stereocenters. The summed E-state index contributed by atoms with van der Waals surface area (Å²) in [6.07, 6.45) is 2.60. The van der Waals surface area contributed by atoms with Gasteiger partial charge in [0.05, 0.1) is 18.7 Å². The Labute approximate surface area is 203 Å². The monoisotopic (exact) mass is 466 g/mol. The number of nitrogens with one attached hydrogen (secondary N) is 1. The molecular formula is C29H26N2O4. The highest BCUT2D eigenvalue weighted by Gasteiger charge is 2.43. The maximum Gasteiger partial charge on any atom is 0.290 e. The number of ketones is 1. The fourth-order valence-electron chi connectivity index (χ4n) is 4.76. The molecule has 0 bridgehead atoms. The summed E-state index contributed by atoms with van der Waals surface area (Å²) < 4.78 is 5.36. The number of nitrogens with zero attached hydrogens (tertiary/aromatic N) is 1. The van der Waals surface area contributed by atoms with Crippen LogP contribution in [-0.2, 0) is 22.4 Å². The third kappa shape index (κ3) is 4.30. The largest absolute Gasteiger partial charge is 0.503 e. The summed E-state index contributed by atoms with van der Waals surface area (Å²) in [4.78, 5) is 31.4. The number of methoxy groups -OCH3 is 1. The van der Waals surface area contributed by atoms with Crippen LogP contribution in [0.1, 0.15) is 22.7 Å². The average molecular weight is 467 g/mol. The molecule has 0 radical (unpaired) electrons. The Hall–Kier alpha value is -4.32. The number of aromatic nitrogens is 1. The first-order valence-electron chi connectivity index (χ1n) is 11.6. The highest BCUT2D eigenvalue weighted by Crippen LogP contribution is 2.38. The molecule has 0 saturated heterocycles. The van der Waals surface area contributed by atoms with Crippen LogP contribution in [0.2, 0.25) is 0 Å². The van der Waals surface area contributed by atoms with Crippen molar-refractivity contribution in [3.8, 4) is 5.75 Å². The lowest BCUT2D eigenvalue weighted by Crippen LogP contribution is -2.33. The van der Waals surface area contributed by atoms with E-state index in [1.54, 1.807) is 12.0 Å². The van der Waals surface area contributed by atoms with Crippen LogP contribution in [0.15, 0.2) is 96.4 Å². The van der Waals surface area contributed by atoms with Gasteiger partial charge >= 0.3 is 0 Å². The molecule has 6 nitrogen and oxygen atoms in total. The predicted octanol–water partition coefficient (Wildman–Crippen LogP) is 4.93. The van der Waals surface area contributed by atoms with E-state index in [0.717, 1.165) is 33.3 Å². The minimum atomic E-state index is -0.639. The number of aliphatic hydroxyl groups excluding tert-OH is 1. The number of amides is 1. The normalized spacial score (nSPS) is 15.7. The Morgan fingerprint density at radius 1 is 1.03 bits per heavy atom. The van der Waals surface area contributed by atoms with Gasteiger partial charge in [-0.05, 0) is 41.3 Å². The second kappa shape index (κ2) is 9.50. The number of aliphatic hydroxyl groups is 1. The van der Waals surface area contributed by atoms with E-state index in [1.165, 1.54) is 0 Å². The zero-order valence-electron chi connectivity index (χ0n) is 19.4. The Morgan fingerprint density at radius 3 is 2.46 bits per heavy atom. The lowest BCUT2D eigenvalue weighted by Gasteiger charge is -2.27. The lowest BCUT2D eigenvalue weighted by molar-refractivity contribution is -0.129. The van der Waals surface area contributed by atoms with Crippen molar-refractivity contribution >= 4 is 22.6 Å². The molecule has 1 aliphatic heterocycles. The van der Waals surface area contributed by atoms with Gasteiger partial charge in [0.25, 0.3) is 5.91 Å². The van der Waals surface area contributed by atoms with E-state index in [0.29, 0.717) is 13.0 Å². The molecular weight excluding hydrogens is 440 g/mol. The number of rotatable bonds is 8. The van der Waals surface area contributed by atoms with Gasteiger partial charge in [0.2, 0.25) is 0 Å². The van der Waals surface area contributed by atoms with Crippen molar-refractivity contribution in [1.29, 1.82) is 0 Å². The Kier molecular flexibility index (Phi) is 6.10. The number of Topliss-reactive ketones (excluding diaryl/α,β-unsaturated/α-hetero) is 1. The van der Waals surface area contributed by atoms with Gasteiger partial charge in [-0.1, -0.05) is 60.7 Å². The summed E-state index contributed by atoms with van der Waals surface area (Å²) >= 11 is 0. The number of ether oxygens (including phenoxy) is 1. The van der Waals surface area contributed by atoms with Crippen LogP contribution < -0.4 is 4.74 Å². The van der Waals surface area contributed by atoms with Crippen LogP contribution in [0.4, 0.5) is 0 Å². The second-order valence-electron chi connectivity index (χ2n) is 8.64. The lowest BCUT2D eigenvalue weighted by atomic mass is 9.93. The van der Waals surface area contributed by atoms with E-state index in [4.69, 9.17) is 4.74 Å². The van der Waals surface area contributed by atoms with Crippen molar-refractivity contribution in [3.05, 3.63) is 113 Å². The van der Waals surface area contributed by atoms with Gasteiger partial charge in [0.15, 0.2) is 11.5 Å². The molecule has 0 unspecified atom stereocenters. The number of aromatic amines is 1. The molecule has 1 aromatic heterocycles. The van der Waals surface area contributed by atoms with Crippen molar-refractivity contribution in [2.45, 2.75) is 18.9 Å². The van der Waals surface area contributed by atoms with E-state index < -0.39 is 17.7 Å². The van der Waals surface area contributed by atoms with Gasteiger partial charge in [0, 0.05) is 30.1 Å². The SMILES string of the molecule is COc1ccc2[nH]cc(CCN3C(=O)C(O)=C(C(=O)Cc4ccccc4)[C@@H]3c3ccccc3)c2c1. The molecule has 0 aliphatic carbocycles. The van der Waals surface area contributed by atoms with Crippen molar-refractivity contribution in [2.75, 3.05) is 13.7 Å². The number of carbonyl (C=O) groups is 2. The third-order valence-electron chi connectivity index (χ3n) is 6.52. The van der Waals surface area contributed by atoms with Gasteiger partial charge in [-0.25, -0.2) is 0 Å². The van der Waals surface area contributed by atoms with E-state index in [2.05, 4.69) is 4.98 Å². The van der Waals surface area contributed by atoms with Gasteiger partial charge in [0.1, 0.15) is 5.75 Å². The molecule has 0 spiro atoms. The minimum Gasteiger partial charge on any atom is -0.503 e. The topological polar surface area (TPSA) is 82.6 Å². The number of hydrogen-bond acceptors (Lipinski definition) is 4. The number of benzene rings is 3. The summed E-state index contributed by atoms with van der Waals surface area (Å²) in [7, 11) is 1.63. The first kappa shape index (κ1) is 22.5. The molecule has 176 valence electrons. The molecule has 0 saturated carbocycles. The smallest absolute Gasteiger partial charge is 0.290 e. The molecule has 4 aromatic rings. The quantitative estimate of drug-likeness (QED) is 0.386. The molecule has 2 N–H and O–H groups in total. The molecule has 5 rings (SSSR count). The maximum atomic E-state index is 13.4. The summed E-state index contributed by atoms with van der Waals surface area (Å²) in [5, 5.41) is 11.9. The van der Waals surface area contributed by atoms with Crippen molar-refractivity contribution in [2.24, 2.45) is 0 Å². The molecule has 6 heteroatoms. The van der Waals surface area contributed by atoms with Crippen molar-refractivity contribution in [3.63, 3.8) is 0 Å². The summed E-state index contributed by atoms with van der Waals surface area (Å²) in [6, 6.07) is 23.9. The standard InChI is InChI=1S/C29H26N2O4/c1-35-22-12-13-24-23(17-22)21(18-30-24)14-15-31-27(20-10-6-3-7-11-20)26(28(33)29(31)34)25(32)16-19-8-4-2-5-9-19/h2-13,17-18,27,30,33H,14-16H2,1H3/t27-/m0/s1. The van der Waals surface area contributed by atoms with E-state index in [1.807, 2.05) is 85.1 Å². The zero-order valence-corrected chi connectivity index (χ0v) is 19.4. The highest BCUT2D eigenvalue weighted by atomic mass is 16.5. The summed E-state index contributed by atoms with van der Waals surface area (Å²) in [5.74, 6) is -0.478. The molecule has 1 amide bonds. The first-order chi connectivity index (χ1) is 17.1. The van der Waals surface area contributed by atoms with Crippen LogP contribution in [0.5, 0.6) is 5.75 Å². The molecule has 0 fully saturated rings. The molecule has 2 heterocycles. The number of H-pyrrole nitrogens is 1. The van der Waals surface area contributed by atoms with Crippen molar-refractivity contribution < 1.29 is 19.4 Å². The summed E-state index contributed by atoms with van der Waals surface area (Å²) in [6.45, 7) is 0.342. The Morgan fingerprint density at radius 2 is 1.74 bits per heavy atom. The van der Waals surface area contributed by atoms with E-state index in [-0.39, 0.29) is 17.8 Å². The third-order valence-corrected chi connectivity index (χ3v) is 6.52. The van der Waals surface area contributed by atoms with Crippen LogP contribution in [0.25, 0.3) is 10.9 Å². The Balaban J connectivity index is 1.45. The van der Waals surface area contributed by atoms with Gasteiger partial charge in [-0.2, -0.15) is 0 Å². The number of hydrogen-bond donors (Lipinski definition) is 2. The van der Waals surface area contributed by atoms with Crippen LogP contribution >= 0.6 is 0 Å². The maximum absolute atomic E-state index is 13.4. The number of carbonyl (C=O) groups excluding carboxylic acids is 2. The molecule has 35 heavy (non-hydrogen) atoms. The Bertz CT molecular complexity index is 1410. The van der Waals surface area contributed by atoms with E-state index >= 15 is 0 Å². The minimum absolute atomic E-state index is 0.118. The predicted molar refractivity (Wildman–Crippen MR) is 134 cm³/mol. The average Bonchev–Trinajstić information content (AvgIpc) is 3.41. The van der Waals surface area contributed by atoms with Crippen LogP contribution in [0, 0.1) is 0 Å². The van der Waals surface area contributed by atoms with Gasteiger partial charge in [-0.3, -0.25) is 9.59 Å². The van der Waals surface area contributed by atoms with Crippen LogP contribution in [-0.4, -0.2) is 40.3 Å².